The van der Waals surface area contributed by atoms with Gasteiger partial charge in [-0.2, -0.15) is 18.3 Å². The molecule has 1 saturated carbocycles. The van der Waals surface area contributed by atoms with Crippen LogP contribution in [-0.2, 0) is 18.3 Å². The first kappa shape index (κ1) is 27.0. The molecule has 7 N–H and O–H groups in total. The predicted octanol–water partition coefficient (Wildman–Crippen LogP) is 4.18. The molecule has 1 aliphatic carbocycles. The van der Waals surface area contributed by atoms with Crippen molar-refractivity contribution in [2.75, 3.05) is 5.32 Å². The number of halogens is 4. The highest BCUT2D eigenvalue weighted by Gasteiger charge is 2.53. The van der Waals surface area contributed by atoms with Crippen LogP contribution >= 0.6 is 0 Å². The van der Waals surface area contributed by atoms with Crippen LogP contribution in [0.5, 0.6) is 0 Å². The van der Waals surface area contributed by atoms with E-state index in [0.29, 0.717) is 34.7 Å². The van der Waals surface area contributed by atoms with Gasteiger partial charge in [0.1, 0.15) is 11.5 Å². The molecule has 1 aromatic heterocycles. The molecule has 8 nitrogen and oxygen atoms in total. The van der Waals surface area contributed by atoms with E-state index in [-0.39, 0.29) is 23.8 Å². The normalized spacial score (nSPS) is 18.4. The lowest BCUT2D eigenvalue weighted by Crippen LogP contribution is -2.23. The Balaban J connectivity index is 1.45. The first-order valence-electron chi connectivity index (χ1n) is 12.2. The van der Waals surface area contributed by atoms with E-state index in [1.165, 1.54) is 24.3 Å². The van der Waals surface area contributed by atoms with Crippen molar-refractivity contribution in [2.45, 2.75) is 30.6 Å². The van der Waals surface area contributed by atoms with Gasteiger partial charge in [0.25, 0.3) is 5.91 Å². The summed E-state index contributed by atoms with van der Waals surface area (Å²) in [4.78, 5) is 24.8. The molecular weight excluding hydrogens is 528 g/mol. The minimum atomic E-state index is -4.82. The SMILES string of the molecule is NCc1cccc(-n2nc(C(F)(F)F)cc2C(=O)Nc2cc(C3CC3(N)c3cccc(C(N)=O)c3)ccc2F)c1. The number of nitrogens with one attached hydrogen (secondary N) is 1. The zero-order valence-electron chi connectivity index (χ0n) is 20.9. The maximum Gasteiger partial charge on any atom is 0.435 e. The number of anilines is 1. The number of amides is 2. The zero-order valence-corrected chi connectivity index (χ0v) is 20.9. The van der Waals surface area contributed by atoms with Gasteiger partial charge in [0.05, 0.1) is 11.4 Å². The maximum absolute atomic E-state index is 14.8. The van der Waals surface area contributed by atoms with Gasteiger partial charge in [0.2, 0.25) is 5.91 Å². The van der Waals surface area contributed by atoms with Crippen molar-refractivity contribution in [1.82, 2.24) is 9.78 Å². The van der Waals surface area contributed by atoms with Crippen LogP contribution in [0.15, 0.2) is 72.8 Å². The minimum Gasteiger partial charge on any atom is -0.366 e. The Morgan fingerprint density at radius 1 is 1.05 bits per heavy atom. The molecule has 0 bridgehead atoms. The summed E-state index contributed by atoms with van der Waals surface area (Å²) in [5.74, 6) is -2.66. The minimum absolute atomic E-state index is 0.122. The molecule has 0 saturated heterocycles. The zero-order chi connectivity index (χ0) is 28.8. The molecule has 2 amide bonds. The maximum atomic E-state index is 14.8. The topological polar surface area (TPSA) is 142 Å². The van der Waals surface area contributed by atoms with Crippen molar-refractivity contribution in [2.24, 2.45) is 17.2 Å². The number of rotatable bonds is 7. The summed E-state index contributed by atoms with van der Waals surface area (Å²) >= 11 is 0. The van der Waals surface area contributed by atoms with Gasteiger partial charge in [0.15, 0.2) is 5.69 Å². The fourth-order valence-corrected chi connectivity index (χ4v) is 4.71. The van der Waals surface area contributed by atoms with Crippen LogP contribution in [0.1, 0.15) is 55.6 Å². The fourth-order valence-electron chi connectivity index (χ4n) is 4.71. The Labute approximate surface area is 225 Å². The molecular formula is C28H24F4N6O2. The molecule has 2 unspecified atom stereocenters. The Morgan fingerprint density at radius 3 is 2.50 bits per heavy atom. The molecule has 4 aromatic rings. The highest BCUT2D eigenvalue weighted by atomic mass is 19.4. The largest absolute Gasteiger partial charge is 0.435 e. The summed E-state index contributed by atoms with van der Waals surface area (Å²) < 4.78 is 56.1. The van der Waals surface area contributed by atoms with Crippen molar-refractivity contribution in [3.05, 3.63) is 112 Å². The molecule has 1 fully saturated rings. The molecule has 3 aromatic carbocycles. The number of hydrogen-bond acceptors (Lipinski definition) is 5. The summed E-state index contributed by atoms with van der Waals surface area (Å²) in [6.45, 7) is 0.122. The number of nitrogens with zero attached hydrogens (tertiary/aromatic N) is 2. The van der Waals surface area contributed by atoms with Crippen molar-refractivity contribution in [3.63, 3.8) is 0 Å². The summed E-state index contributed by atoms with van der Waals surface area (Å²) in [5, 5.41) is 5.96. The highest BCUT2D eigenvalue weighted by Crippen LogP contribution is 2.56. The quantitative estimate of drug-likeness (QED) is 0.255. The van der Waals surface area contributed by atoms with E-state index in [2.05, 4.69) is 10.4 Å². The average molecular weight is 553 g/mol. The Hall–Kier alpha value is -4.55. The second-order valence-corrected chi connectivity index (χ2v) is 9.63. The van der Waals surface area contributed by atoms with Crippen LogP contribution in [0.25, 0.3) is 5.69 Å². The highest BCUT2D eigenvalue weighted by molar-refractivity contribution is 6.03. The van der Waals surface area contributed by atoms with E-state index in [1.54, 1.807) is 36.4 Å². The smallest absolute Gasteiger partial charge is 0.366 e. The van der Waals surface area contributed by atoms with Crippen LogP contribution < -0.4 is 22.5 Å². The van der Waals surface area contributed by atoms with Crippen molar-refractivity contribution >= 4 is 17.5 Å². The van der Waals surface area contributed by atoms with Crippen LogP contribution in [0.2, 0.25) is 0 Å². The van der Waals surface area contributed by atoms with E-state index < -0.39 is 40.7 Å². The Kier molecular flexibility index (Phi) is 6.68. The van der Waals surface area contributed by atoms with E-state index in [9.17, 15) is 27.2 Å². The van der Waals surface area contributed by atoms with E-state index >= 15 is 0 Å². The summed E-state index contributed by atoms with van der Waals surface area (Å²) in [6, 6.07) is 17.5. The lowest BCUT2D eigenvalue weighted by atomic mass is 9.97. The van der Waals surface area contributed by atoms with E-state index in [4.69, 9.17) is 17.2 Å². The molecule has 206 valence electrons. The van der Waals surface area contributed by atoms with Crippen LogP contribution in [0.3, 0.4) is 0 Å². The van der Waals surface area contributed by atoms with Gasteiger partial charge >= 0.3 is 6.18 Å². The molecule has 2 atom stereocenters. The molecule has 5 rings (SSSR count). The first-order valence-corrected chi connectivity index (χ1v) is 12.2. The summed E-state index contributed by atoms with van der Waals surface area (Å²) in [7, 11) is 0. The van der Waals surface area contributed by atoms with Gasteiger partial charge in [0, 0.05) is 29.6 Å². The standard InChI is InChI=1S/C28H24F4N6O2/c29-21-8-7-16(20-13-27(20,35)18-5-2-4-17(10-18)25(34)39)11-22(21)36-26(40)23-12-24(28(30,31)32)37-38(23)19-6-1-3-15(9-19)14-33/h1-12,20H,13-14,33,35H2,(H2,34,39)(H,36,40). The number of aromatic nitrogens is 2. The number of primary amides is 1. The second kappa shape index (κ2) is 9.88. The van der Waals surface area contributed by atoms with Gasteiger partial charge in [-0.3, -0.25) is 9.59 Å². The van der Waals surface area contributed by atoms with Crippen molar-refractivity contribution < 1.29 is 27.2 Å². The van der Waals surface area contributed by atoms with E-state index in [0.717, 1.165) is 10.7 Å². The number of carbonyl (C=O) groups is 2. The van der Waals surface area contributed by atoms with Crippen LogP contribution in [0.4, 0.5) is 23.2 Å². The predicted molar refractivity (Wildman–Crippen MR) is 139 cm³/mol. The third-order valence-electron chi connectivity index (χ3n) is 6.95. The number of alkyl halides is 3. The van der Waals surface area contributed by atoms with Crippen LogP contribution in [-0.4, -0.2) is 21.6 Å². The molecule has 12 heteroatoms. The Morgan fingerprint density at radius 2 is 1.80 bits per heavy atom. The first-order chi connectivity index (χ1) is 18.9. The lowest BCUT2D eigenvalue weighted by Gasteiger charge is -2.15. The monoisotopic (exact) mass is 552 g/mol. The third kappa shape index (κ3) is 5.06. The van der Waals surface area contributed by atoms with Gasteiger partial charge < -0.3 is 22.5 Å². The second-order valence-electron chi connectivity index (χ2n) is 9.63. The van der Waals surface area contributed by atoms with Gasteiger partial charge in [-0.1, -0.05) is 30.3 Å². The number of hydrogen-bond donors (Lipinski definition) is 4. The molecule has 0 radical (unpaired) electrons. The average Bonchev–Trinajstić information content (AvgIpc) is 3.40. The molecule has 1 heterocycles. The van der Waals surface area contributed by atoms with Gasteiger partial charge in [-0.05, 0) is 59.5 Å². The number of nitrogens with two attached hydrogens (primary N) is 3. The van der Waals surface area contributed by atoms with Gasteiger partial charge in [-0.25, -0.2) is 9.07 Å². The van der Waals surface area contributed by atoms with Gasteiger partial charge in [-0.15, -0.1) is 0 Å². The number of carbonyl (C=O) groups excluding carboxylic acids is 2. The third-order valence-corrected chi connectivity index (χ3v) is 6.95. The van der Waals surface area contributed by atoms with Crippen molar-refractivity contribution in [1.29, 1.82) is 0 Å². The molecule has 0 aliphatic heterocycles. The van der Waals surface area contributed by atoms with Crippen molar-refractivity contribution in [3.8, 4) is 5.69 Å². The van der Waals surface area contributed by atoms with E-state index in [1.807, 2.05) is 0 Å². The Bertz CT molecular complexity index is 1630. The van der Waals surface area contributed by atoms with Crippen LogP contribution in [0, 0.1) is 5.82 Å². The lowest BCUT2D eigenvalue weighted by molar-refractivity contribution is -0.141. The molecule has 0 spiro atoms. The summed E-state index contributed by atoms with van der Waals surface area (Å²) in [5.41, 5.74) is 17.2. The molecule has 1 aliphatic rings. The number of benzene rings is 3. The summed E-state index contributed by atoms with van der Waals surface area (Å²) in [6.07, 6.45) is -4.34. The molecule has 40 heavy (non-hydrogen) atoms. The fraction of sp³-hybridized carbons (Fsp3) is 0.179.